The highest BCUT2D eigenvalue weighted by Gasteiger charge is 2.28. The van der Waals surface area contributed by atoms with E-state index in [1.165, 1.54) is 12.8 Å². The second-order valence-corrected chi connectivity index (χ2v) is 9.30. The Kier molecular flexibility index (Phi) is 4.94. The number of amides is 2. The van der Waals surface area contributed by atoms with E-state index in [9.17, 15) is 9.59 Å². The van der Waals surface area contributed by atoms with Crippen LogP contribution in [0.1, 0.15) is 58.8 Å². The van der Waals surface area contributed by atoms with E-state index in [4.69, 9.17) is 0 Å². The highest BCUT2D eigenvalue weighted by molar-refractivity contribution is 6.11. The normalized spacial score (nSPS) is 16.4. The smallest absolute Gasteiger partial charge is 0.258 e. The summed E-state index contributed by atoms with van der Waals surface area (Å²) in [5.74, 6) is 0.720. The van der Waals surface area contributed by atoms with Crippen LogP contribution in [0.5, 0.6) is 0 Å². The van der Waals surface area contributed by atoms with Gasteiger partial charge in [-0.15, -0.1) is 0 Å². The highest BCUT2D eigenvalue weighted by Crippen LogP contribution is 2.39. The van der Waals surface area contributed by atoms with Crippen molar-refractivity contribution in [3.8, 4) is 0 Å². The fraction of sp³-hybridized carbons (Fsp3) is 0.250. The van der Waals surface area contributed by atoms with Crippen molar-refractivity contribution >= 4 is 34.1 Å². The van der Waals surface area contributed by atoms with E-state index in [2.05, 4.69) is 27.6 Å². The summed E-state index contributed by atoms with van der Waals surface area (Å²) >= 11 is 0. The number of anilines is 2. The Morgan fingerprint density at radius 2 is 1.88 bits per heavy atom. The summed E-state index contributed by atoms with van der Waals surface area (Å²) in [5.41, 5.74) is 4.74. The zero-order chi connectivity index (χ0) is 23.2. The summed E-state index contributed by atoms with van der Waals surface area (Å²) in [6.45, 7) is 2.52. The largest absolute Gasteiger partial charge is 0.309 e. The highest BCUT2D eigenvalue weighted by atomic mass is 16.2. The maximum Gasteiger partial charge on any atom is 0.258 e. The lowest BCUT2D eigenvalue weighted by molar-refractivity contribution is -0.117. The quantitative estimate of drug-likeness (QED) is 0.428. The van der Waals surface area contributed by atoms with Gasteiger partial charge in [0.1, 0.15) is 0 Å². The summed E-state index contributed by atoms with van der Waals surface area (Å²) in [6, 6.07) is 21.8. The molecule has 0 radical (unpaired) electrons. The number of hydrogen-bond acceptors (Lipinski definition) is 3. The zero-order valence-electron chi connectivity index (χ0n) is 19.0. The Bertz CT molecular complexity index is 1400. The molecule has 1 fully saturated rings. The van der Waals surface area contributed by atoms with Gasteiger partial charge >= 0.3 is 0 Å². The summed E-state index contributed by atoms with van der Waals surface area (Å²) in [5, 5.41) is 12.5. The second kappa shape index (κ2) is 8.13. The molecule has 1 unspecified atom stereocenters. The minimum absolute atomic E-state index is 0.0237. The molecule has 1 aliphatic carbocycles. The van der Waals surface area contributed by atoms with Crippen molar-refractivity contribution in [2.45, 2.75) is 38.0 Å². The van der Waals surface area contributed by atoms with E-state index < -0.39 is 0 Å². The van der Waals surface area contributed by atoms with Gasteiger partial charge in [0.2, 0.25) is 5.91 Å². The molecule has 2 heterocycles. The van der Waals surface area contributed by atoms with Crippen molar-refractivity contribution in [2.24, 2.45) is 0 Å². The molecule has 2 N–H and O–H groups in total. The van der Waals surface area contributed by atoms with E-state index in [0.29, 0.717) is 18.3 Å². The molecule has 6 heteroatoms. The average molecular weight is 451 g/mol. The van der Waals surface area contributed by atoms with Crippen LogP contribution in [0, 0.1) is 0 Å². The van der Waals surface area contributed by atoms with Crippen LogP contribution in [-0.4, -0.2) is 28.6 Å². The molecule has 4 aromatic rings. The number of nitrogens with zero attached hydrogens (tertiary/aromatic N) is 2. The Hall–Kier alpha value is -3.93. The monoisotopic (exact) mass is 450 g/mol. The first-order valence-corrected chi connectivity index (χ1v) is 11.9. The number of aromatic amines is 1. The van der Waals surface area contributed by atoms with Gasteiger partial charge in [0.25, 0.3) is 5.91 Å². The second-order valence-electron chi connectivity index (χ2n) is 9.30. The number of benzene rings is 3. The maximum absolute atomic E-state index is 13.3. The van der Waals surface area contributed by atoms with Gasteiger partial charge < -0.3 is 10.2 Å². The molecule has 1 atom stereocenters. The van der Waals surface area contributed by atoms with Gasteiger partial charge in [0, 0.05) is 35.5 Å². The van der Waals surface area contributed by atoms with Crippen LogP contribution < -0.4 is 10.2 Å². The molecule has 1 aromatic heterocycles. The van der Waals surface area contributed by atoms with Crippen molar-refractivity contribution in [2.75, 3.05) is 16.8 Å². The molecule has 34 heavy (non-hydrogen) atoms. The SMILES string of the molecule is CC(C(=O)Nc1cc(C2CC2)[nH]n1)c1ccc(N2CCc3c(ccc4ccccc34)C2=O)cc1. The molecule has 1 aliphatic heterocycles. The molecular weight excluding hydrogens is 424 g/mol. The average Bonchev–Trinajstić information content (AvgIpc) is 3.62. The molecule has 6 nitrogen and oxygen atoms in total. The van der Waals surface area contributed by atoms with Crippen molar-refractivity contribution in [3.05, 3.63) is 89.1 Å². The van der Waals surface area contributed by atoms with Gasteiger partial charge in [0.15, 0.2) is 5.82 Å². The molecule has 1 saturated carbocycles. The fourth-order valence-corrected chi connectivity index (χ4v) is 4.86. The number of fused-ring (bicyclic) bond motifs is 3. The first kappa shape index (κ1) is 20.7. The molecule has 0 saturated heterocycles. The lowest BCUT2D eigenvalue weighted by Crippen LogP contribution is -2.37. The van der Waals surface area contributed by atoms with Crippen LogP contribution >= 0.6 is 0 Å². The number of carbonyl (C=O) groups is 2. The van der Waals surface area contributed by atoms with Gasteiger partial charge in [-0.1, -0.05) is 42.5 Å². The van der Waals surface area contributed by atoms with Gasteiger partial charge in [-0.3, -0.25) is 14.7 Å². The number of nitrogens with one attached hydrogen (secondary N) is 2. The molecule has 170 valence electrons. The minimum atomic E-state index is -0.334. The predicted molar refractivity (Wildman–Crippen MR) is 133 cm³/mol. The third kappa shape index (κ3) is 3.65. The summed E-state index contributed by atoms with van der Waals surface area (Å²) in [4.78, 5) is 27.9. The molecule has 3 aromatic carbocycles. The molecular formula is C28H26N4O2. The van der Waals surface area contributed by atoms with Crippen LogP contribution in [0.2, 0.25) is 0 Å². The van der Waals surface area contributed by atoms with Crippen LogP contribution in [0.4, 0.5) is 11.5 Å². The summed E-state index contributed by atoms with van der Waals surface area (Å²) in [7, 11) is 0. The summed E-state index contributed by atoms with van der Waals surface area (Å²) in [6.07, 6.45) is 3.18. The molecule has 0 spiro atoms. The zero-order valence-corrected chi connectivity index (χ0v) is 19.0. The Morgan fingerprint density at radius 1 is 1.09 bits per heavy atom. The van der Waals surface area contributed by atoms with Crippen LogP contribution in [-0.2, 0) is 11.2 Å². The van der Waals surface area contributed by atoms with E-state index in [1.54, 1.807) is 0 Å². The number of H-pyrrole nitrogens is 1. The first-order valence-electron chi connectivity index (χ1n) is 11.9. The van der Waals surface area contributed by atoms with Gasteiger partial charge in [-0.2, -0.15) is 5.10 Å². The Morgan fingerprint density at radius 3 is 2.68 bits per heavy atom. The predicted octanol–water partition coefficient (Wildman–Crippen LogP) is 5.39. The van der Waals surface area contributed by atoms with Crippen molar-refractivity contribution in [1.82, 2.24) is 10.2 Å². The number of aromatic nitrogens is 2. The number of hydrogen-bond donors (Lipinski definition) is 2. The van der Waals surface area contributed by atoms with Crippen LogP contribution in [0.15, 0.2) is 66.7 Å². The van der Waals surface area contributed by atoms with E-state index >= 15 is 0 Å². The van der Waals surface area contributed by atoms with E-state index in [-0.39, 0.29) is 17.7 Å². The minimum Gasteiger partial charge on any atom is -0.309 e. The van der Waals surface area contributed by atoms with Crippen LogP contribution in [0.3, 0.4) is 0 Å². The lowest BCUT2D eigenvalue weighted by Gasteiger charge is -2.29. The number of rotatable bonds is 5. The molecule has 6 rings (SSSR count). The molecule has 0 bridgehead atoms. The molecule has 2 aliphatic rings. The third-order valence-corrected chi connectivity index (χ3v) is 7.07. The van der Waals surface area contributed by atoms with Crippen molar-refractivity contribution < 1.29 is 9.59 Å². The topological polar surface area (TPSA) is 78.1 Å². The standard InChI is InChI=1S/C28H26N4O2/c1-17(27(33)29-26-16-25(30-31-26)20-6-7-20)18-8-11-21(12-9-18)32-15-14-23-22-5-3-2-4-19(22)10-13-24(23)28(32)34/h2-5,8-13,16-17,20H,6-7,14-15H2,1H3,(H2,29,30,31,33). The fourth-order valence-electron chi connectivity index (χ4n) is 4.86. The van der Waals surface area contributed by atoms with Gasteiger partial charge in [-0.25, -0.2) is 0 Å². The third-order valence-electron chi connectivity index (χ3n) is 7.07. The first-order chi connectivity index (χ1) is 16.6. The lowest BCUT2D eigenvalue weighted by atomic mass is 9.92. The maximum atomic E-state index is 13.3. The Balaban J connectivity index is 1.17. The number of carbonyl (C=O) groups excluding carboxylic acids is 2. The van der Waals surface area contributed by atoms with E-state index in [0.717, 1.165) is 45.3 Å². The summed E-state index contributed by atoms with van der Waals surface area (Å²) < 4.78 is 0. The van der Waals surface area contributed by atoms with Gasteiger partial charge in [-0.05, 0) is 66.3 Å². The van der Waals surface area contributed by atoms with Crippen LogP contribution in [0.25, 0.3) is 10.8 Å². The molecule has 2 amide bonds. The van der Waals surface area contributed by atoms with Gasteiger partial charge in [0.05, 0.1) is 5.92 Å². The van der Waals surface area contributed by atoms with E-state index in [1.807, 2.05) is 66.4 Å². The van der Waals surface area contributed by atoms with Crippen molar-refractivity contribution in [3.63, 3.8) is 0 Å². The Labute approximate surface area is 198 Å². The van der Waals surface area contributed by atoms with Crippen molar-refractivity contribution in [1.29, 1.82) is 0 Å².